The highest BCUT2D eigenvalue weighted by atomic mass is 28.4. The highest BCUT2D eigenvalue weighted by molar-refractivity contribution is 6.73. The van der Waals surface area contributed by atoms with Gasteiger partial charge in [0.1, 0.15) is 0 Å². The summed E-state index contributed by atoms with van der Waals surface area (Å²) in [4.78, 5) is 0. The SMILES string of the molecule is CC[Si](CC)(CC)OC=CC(C)CCC=C(C)CCC=C(C)C. The Balaban J connectivity index is 4.13. The molecule has 1 atom stereocenters. The van der Waals surface area contributed by atoms with Crippen LogP contribution in [0.3, 0.4) is 0 Å². The molecule has 0 saturated heterocycles. The lowest BCUT2D eigenvalue weighted by molar-refractivity contribution is 0.450. The van der Waals surface area contributed by atoms with E-state index >= 15 is 0 Å². The molecule has 0 aliphatic heterocycles. The van der Waals surface area contributed by atoms with Crippen LogP contribution in [0.2, 0.25) is 18.1 Å². The first-order valence-electron chi connectivity index (χ1n) is 9.52. The fraction of sp³-hybridized carbons (Fsp3) is 0.714. The molecule has 0 amide bonds. The molecule has 0 N–H and O–H groups in total. The van der Waals surface area contributed by atoms with Gasteiger partial charge in [-0.05, 0) is 76.6 Å². The standard InChI is InChI=1S/C21H40OSi/c1-8-23(9-2,10-3)22-18-17-21(7)16-12-15-20(6)14-11-13-19(4)5/h13,15,17-18,21H,8-12,14,16H2,1-7H3. The maximum absolute atomic E-state index is 6.19. The van der Waals surface area contributed by atoms with E-state index < -0.39 is 8.32 Å². The van der Waals surface area contributed by atoms with Crippen LogP contribution in [0.1, 0.15) is 74.1 Å². The van der Waals surface area contributed by atoms with Crippen molar-refractivity contribution < 1.29 is 4.43 Å². The van der Waals surface area contributed by atoms with Crippen LogP contribution in [0.25, 0.3) is 0 Å². The third kappa shape index (κ3) is 10.6. The Hall–Kier alpha value is -0.763. The Bertz CT molecular complexity index is 376. The van der Waals surface area contributed by atoms with Crippen LogP contribution in [-0.2, 0) is 4.43 Å². The molecule has 0 aromatic rings. The fourth-order valence-corrected chi connectivity index (χ4v) is 5.06. The van der Waals surface area contributed by atoms with Gasteiger partial charge in [0, 0.05) is 0 Å². The van der Waals surface area contributed by atoms with E-state index in [2.05, 4.69) is 66.7 Å². The lowest BCUT2D eigenvalue weighted by atomic mass is 10.0. The first-order valence-corrected chi connectivity index (χ1v) is 12.1. The van der Waals surface area contributed by atoms with Crippen molar-refractivity contribution in [1.82, 2.24) is 0 Å². The highest BCUT2D eigenvalue weighted by Crippen LogP contribution is 2.22. The molecule has 0 aliphatic rings. The van der Waals surface area contributed by atoms with Crippen molar-refractivity contribution in [3.63, 3.8) is 0 Å². The van der Waals surface area contributed by atoms with Gasteiger partial charge in [0.25, 0.3) is 0 Å². The average Bonchev–Trinajstić information content (AvgIpc) is 2.51. The molecule has 2 heteroatoms. The molecule has 0 spiro atoms. The molecule has 0 aromatic heterocycles. The quantitative estimate of drug-likeness (QED) is 0.202. The number of hydrogen-bond acceptors (Lipinski definition) is 1. The summed E-state index contributed by atoms with van der Waals surface area (Å²) in [5.74, 6) is 0.592. The van der Waals surface area contributed by atoms with Crippen molar-refractivity contribution >= 4 is 8.32 Å². The average molecular weight is 337 g/mol. The summed E-state index contributed by atoms with van der Waals surface area (Å²) >= 11 is 0. The minimum Gasteiger partial charge on any atom is -0.549 e. The van der Waals surface area contributed by atoms with E-state index in [1.807, 2.05) is 6.26 Å². The Morgan fingerprint density at radius 2 is 1.57 bits per heavy atom. The topological polar surface area (TPSA) is 9.23 Å². The predicted octanol–water partition coefficient (Wildman–Crippen LogP) is 7.63. The minimum atomic E-state index is -1.46. The summed E-state index contributed by atoms with van der Waals surface area (Å²) in [5.41, 5.74) is 2.94. The first-order chi connectivity index (χ1) is 10.9. The monoisotopic (exact) mass is 336 g/mol. The van der Waals surface area contributed by atoms with Crippen LogP contribution in [0.5, 0.6) is 0 Å². The van der Waals surface area contributed by atoms with Gasteiger partial charge >= 0.3 is 0 Å². The molecule has 0 aliphatic carbocycles. The Kier molecular flexibility index (Phi) is 12.2. The summed E-state index contributed by atoms with van der Waals surface area (Å²) in [7, 11) is -1.46. The molecule has 134 valence electrons. The molecule has 0 heterocycles. The van der Waals surface area contributed by atoms with Crippen molar-refractivity contribution in [1.29, 1.82) is 0 Å². The van der Waals surface area contributed by atoms with Gasteiger partial charge in [-0.1, -0.05) is 51.0 Å². The zero-order valence-corrected chi connectivity index (χ0v) is 17.7. The fourth-order valence-electron chi connectivity index (χ4n) is 2.70. The number of hydrogen-bond donors (Lipinski definition) is 0. The Morgan fingerprint density at radius 1 is 0.957 bits per heavy atom. The second-order valence-corrected chi connectivity index (χ2v) is 11.8. The number of rotatable bonds is 12. The normalized spacial score (nSPS) is 14.1. The van der Waals surface area contributed by atoms with Crippen molar-refractivity contribution in [3.05, 3.63) is 35.6 Å². The lowest BCUT2D eigenvalue weighted by Crippen LogP contribution is -2.33. The molecule has 0 fully saturated rings. The Labute approximate surface area is 147 Å². The van der Waals surface area contributed by atoms with Gasteiger partial charge in [-0.25, -0.2) is 0 Å². The van der Waals surface area contributed by atoms with E-state index in [1.165, 1.54) is 55.0 Å². The van der Waals surface area contributed by atoms with E-state index in [9.17, 15) is 0 Å². The first kappa shape index (κ1) is 22.2. The lowest BCUT2D eigenvalue weighted by Gasteiger charge is -2.26. The van der Waals surface area contributed by atoms with E-state index in [4.69, 9.17) is 4.43 Å². The van der Waals surface area contributed by atoms with Gasteiger partial charge in [0.15, 0.2) is 0 Å². The highest BCUT2D eigenvalue weighted by Gasteiger charge is 2.28. The second-order valence-electron chi connectivity index (χ2n) is 7.12. The van der Waals surface area contributed by atoms with Crippen molar-refractivity contribution in [2.24, 2.45) is 5.92 Å². The molecule has 0 rings (SSSR count). The van der Waals surface area contributed by atoms with Gasteiger partial charge in [-0.3, -0.25) is 0 Å². The van der Waals surface area contributed by atoms with E-state index in [0.717, 1.165) is 0 Å². The summed E-state index contributed by atoms with van der Waals surface area (Å²) in [6, 6.07) is 3.64. The maximum Gasteiger partial charge on any atom is 0.249 e. The summed E-state index contributed by atoms with van der Waals surface area (Å²) in [6.07, 6.45) is 13.7. The molecule has 0 radical (unpaired) electrons. The molecule has 0 aromatic carbocycles. The van der Waals surface area contributed by atoms with Crippen molar-refractivity contribution in [3.8, 4) is 0 Å². The minimum absolute atomic E-state index is 0.592. The van der Waals surface area contributed by atoms with E-state index in [-0.39, 0.29) is 0 Å². The molecule has 23 heavy (non-hydrogen) atoms. The summed E-state index contributed by atoms with van der Waals surface area (Å²) in [5, 5.41) is 0. The van der Waals surface area contributed by atoms with Crippen LogP contribution in [0.15, 0.2) is 35.6 Å². The number of allylic oxidation sites excluding steroid dienone is 5. The van der Waals surface area contributed by atoms with Crippen LogP contribution in [-0.4, -0.2) is 8.32 Å². The van der Waals surface area contributed by atoms with E-state index in [0.29, 0.717) is 5.92 Å². The molecular weight excluding hydrogens is 296 g/mol. The van der Waals surface area contributed by atoms with Crippen LogP contribution < -0.4 is 0 Å². The van der Waals surface area contributed by atoms with Crippen LogP contribution >= 0.6 is 0 Å². The molecule has 0 saturated carbocycles. The third-order valence-electron chi connectivity index (χ3n) is 4.86. The zero-order valence-electron chi connectivity index (χ0n) is 16.7. The predicted molar refractivity (Wildman–Crippen MR) is 108 cm³/mol. The second kappa shape index (κ2) is 12.6. The maximum atomic E-state index is 6.19. The molecule has 1 unspecified atom stereocenters. The largest absolute Gasteiger partial charge is 0.549 e. The van der Waals surface area contributed by atoms with Crippen LogP contribution in [0.4, 0.5) is 0 Å². The molecular formula is C21H40OSi. The molecule has 1 nitrogen and oxygen atoms in total. The van der Waals surface area contributed by atoms with Crippen molar-refractivity contribution in [2.75, 3.05) is 0 Å². The smallest absolute Gasteiger partial charge is 0.249 e. The van der Waals surface area contributed by atoms with Gasteiger partial charge in [0.2, 0.25) is 8.32 Å². The zero-order chi connectivity index (χ0) is 17.7. The Morgan fingerprint density at radius 3 is 2.09 bits per heavy atom. The van der Waals surface area contributed by atoms with E-state index in [1.54, 1.807) is 0 Å². The summed E-state index contributed by atoms with van der Waals surface area (Å²) in [6.45, 7) is 15.7. The van der Waals surface area contributed by atoms with Gasteiger partial charge in [-0.15, -0.1) is 0 Å². The third-order valence-corrected chi connectivity index (χ3v) is 9.37. The van der Waals surface area contributed by atoms with Crippen LogP contribution in [0, 0.1) is 5.92 Å². The van der Waals surface area contributed by atoms with Gasteiger partial charge < -0.3 is 4.43 Å². The van der Waals surface area contributed by atoms with Gasteiger partial charge in [-0.2, -0.15) is 0 Å². The summed E-state index contributed by atoms with van der Waals surface area (Å²) < 4.78 is 6.19. The molecule has 0 bridgehead atoms. The van der Waals surface area contributed by atoms with Gasteiger partial charge in [0.05, 0.1) is 6.26 Å². The van der Waals surface area contributed by atoms with Crippen molar-refractivity contribution in [2.45, 2.75) is 92.3 Å².